The van der Waals surface area contributed by atoms with Crippen LogP contribution >= 0.6 is 0 Å². The maximum Gasteiger partial charge on any atom is 0.270 e. The van der Waals surface area contributed by atoms with Crippen molar-refractivity contribution in [3.8, 4) is 11.3 Å². The van der Waals surface area contributed by atoms with Crippen LogP contribution in [0.3, 0.4) is 0 Å². The third-order valence-electron chi connectivity index (χ3n) is 8.40. The SMILES string of the molecule is Cc1ncc(NC(=O)CN2C[C@@H]3CC[C@H]2C3)cc1NC(=O)c1cnn2cc(-c3cnn4c3C(=O)NCC4C)ncc12. The zero-order valence-electron chi connectivity index (χ0n) is 22.8. The normalized spacial score (nSPS) is 21.6. The molecule has 210 valence electrons. The molecule has 3 aliphatic rings. The zero-order chi connectivity index (χ0) is 28.2. The van der Waals surface area contributed by atoms with Gasteiger partial charge in [0.15, 0.2) is 0 Å². The quantitative estimate of drug-likeness (QED) is 0.328. The predicted molar refractivity (Wildman–Crippen MR) is 150 cm³/mol. The Morgan fingerprint density at radius 3 is 2.78 bits per heavy atom. The topological polar surface area (TPSA) is 151 Å². The molecule has 13 nitrogen and oxygen atoms in total. The summed E-state index contributed by atoms with van der Waals surface area (Å²) >= 11 is 0. The molecule has 0 spiro atoms. The molecule has 7 rings (SSSR count). The molecular weight excluding hydrogens is 524 g/mol. The third kappa shape index (κ3) is 4.51. The Morgan fingerprint density at radius 1 is 1.10 bits per heavy atom. The molecule has 3 amide bonds. The lowest BCUT2D eigenvalue weighted by molar-refractivity contribution is -0.117. The summed E-state index contributed by atoms with van der Waals surface area (Å²) < 4.78 is 3.25. The van der Waals surface area contributed by atoms with Crippen molar-refractivity contribution in [3.05, 3.63) is 54.0 Å². The van der Waals surface area contributed by atoms with Gasteiger partial charge in [0, 0.05) is 19.1 Å². The number of hydrogen-bond donors (Lipinski definition) is 3. The first-order chi connectivity index (χ1) is 19.8. The fraction of sp³-hybridized carbons (Fsp3) is 0.393. The van der Waals surface area contributed by atoms with Crippen molar-refractivity contribution in [2.45, 2.75) is 45.2 Å². The number of pyridine rings is 1. The fourth-order valence-corrected chi connectivity index (χ4v) is 6.24. The Hall–Kier alpha value is -4.65. The Balaban J connectivity index is 1.07. The van der Waals surface area contributed by atoms with Crippen LogP contribution in [0.4, 0.5) is 11.4 Å². The van der Waals surface area contributed by atoms with Gasteiger partial charge in [-0.05, 0) is 45.1 Å². The lowest BCUT2D eigenvalue weighted by Crippen LogP contribution is -2.38. The number of piperidine rings is 1. The van der Waals surface area contributed by atoms with Crippen LogP contribution in [-0.2, 0) is 4.79 Å². The number of rotatable bonds is 6. The second-order valence-corrected chi connectivity index (χ2v) is 11.2. The van der Waals surface area contributed by atoms with Crippen molar-refractivity contribution in [3.63, 3.8) is 0 Å². The zero-order valence-corrected chi connectivity index (χ0v) is 22.8. The van der Waals surface area contributed by atoms with Crippen LogP contribution in [0.5, 0.6) is 0 Å². The number of carbonyl (C=O) groups is 3. The maximum atomic E-state index is 13.3. The number of nitrogens with zero attached hydrogens (tertiary/aromatic N) is 7. The van der Waals surface area contributed by atoms with E-state index in [0.717, 1.165) is 12.5 Å². The van der Waals surface area contributed by atoms with Gasteiger partial charge in [0.05, 0.1) is 83.0 Å². The number of carbonyl (C=O) groups excluding carboxylic acids is 3. The number of likely N-dealkylation sites (tertiary alicyclic amines) is 1. The van der Waals surface area contributed by atoms with Crippen LogP contribution in [0, 0.1) is 12.8 Å². The van der Waals surface area contributed by atoms with Crippen LogP contribution in [0.1, 0.15) is 58.8 Å². The van der Waals surface area contributed by atoms with Gasteiger partial charge in [-0.3, -0.25) is 33.9 Å². The minimum absolute atomic E-state index is 0.0325. The first kappa shape index (κ1) is 25.3. The second-order valence-electron chi connectivity index (χ2n) is 11.2. The minimum Gasteiger partial charge on any atom is -0.349 e. The van der Waals surface area contributed by atoms with E-state index >= 15 is 0 Å². The predicted octanol–water partition coefficient (Wildman–Crippen LogP) is 2.28. The largest absolute Gasteiger partial charge is 0.349 e. The molecule has 0 radical (unpaired) electrons. The van der Waals surface area contributed by atoms with Gasteiger partial charge in [-0.1, -0.05) is 0 Å². The van der Waals surface area contributed by atoms with Crippen molar-refractivity contribution in [1.29, 1.82) is 0 Å². The molecule has 2 aliphatic heterocycles. The van der Waals surface area contributed by atoms with Gasteiger partial charge in [0.2, 0.25) is 5.91 Å². The molecule has 41 heavy (non-hydrogen) atoms. The van der Waals surface area contributed by atoms with E-state index in [1.54, 1.807) is 47.0 Å². The van der Waals surface area contributed by atoms with Crippen molar-refractivity contribution in [1.82, 2.24) is 39.6 Å². The average molecular weight is 555 g/mol. The summed E-state index contributed by atoms with van der Waals surface area (Å²) in [5, 5.41) is 17.4. The maximum absolute atomic E-state index is 13.3. The Labute approximate surface area is 235 Å². The van der Waals surface area contributed by atoms with E-state index in [4.69, 9.17) is 0 Å². The van der Waals surface area contributed by atoms with E-state index in [9.17, 15) is 14.4 Å². The summed E-state index contributed by atoms with van der Waals surface area (Å²) in [5.41, 5.74) is 4.01. The van der Waals surface area contributed by atoms with Gasteiger partial charge in [-0.25, -0.2) is 4.52 Å². The molecule has 6 heterocycles. The van der Waals surface area contributed by atoms with Crippen molar-refractivity contribution < 1.29 is 14.4 Å². The van der Waals surface area contributed by atoms with Crippen LogP contribution in [0.25, 0.3) is 16.8 Å². The van der Waals surface area contributed by atoms with Crippen molar-refractivity contribution in [2.75, 3.05) is 30.3 Å². The fourth-order valence-electron chi connectivity index (χ4n) is 6.24. The van der Waals surface area contributed by atoms with Gasteiger partial charge in [-0.2, -0.15) is 10.2 Å². The highest BCUT2D eigenvalue weighted by Crippen LogP contribution is 2.37. The molecular formula is C28H30N10O3. The van der Waals surface area contributed by atoms with Gasteiger partial charge in [0.1, 0.15) is 5.69 Å². The van der Waals surface area contributed by atoms with Crippen LogP contribution in [0.2, 0.25) is 0 Å². The standard InChI is InChI=1S/C28H30N10O3/c1-15-7-31-28(41)26-20(9-33-38(15)26)23-13-37-24(11-30-23)21(10-32-37)27(40)35-22-6-18(8-29-16(22)2)34-25(39)14-36-12-17-3-4-19(36)5-17/h6,8-11,13,15,17,19H,3-5,7,12,14H2,1-2H3,(H,31,41)(H,34,39)(H,35,40)/t15?,17-,19+/m1/s1. The molecule has 0 aromatic carbocycles. The molecule has 4 aromatic rings. The molecule has 1 saturated heterocycles. The first-order valence-corrected chi connectivity index (χ1v) is 13.9. The Bertz CT molecular complexity index is 1710. The van der Waals surface area contributed by atoms with Gasteiger partial charge < -0.3 is 16.0 Å². The molecule has 1 aliphatic carbocycles. The van der Waals surface area contributed by atoms with E-state index < -0.39 is 0 Å². The van der Waals surface area contributed by atoms with Gasteiger partial charge in [-0.15, -0.1) is 0 Å². The number of aromatic nitrogens is 6. The van der Waals surface area contributed by atoms with E-state index in [-0.39, 0.29) is 23.8 Å². The summed E-state index contributed by atoms with van der Waals surface area (Å²) in [4.78, 5) is 49.7. The number of anilines is 2. The first-order valence-electron chi connectivity index (χ1n) is 13.9. The van der Waals surface area contributed by atoms with Gasteiger partial charge >= 0.3 is 0 Å². The Morgan fingerprint density at radius 2 is 1.98 bits per heavy atom. The second kappa shape index (κ2) is 9.77. The van der Waals surface area contributed by atoms with Crippen LogP contribution in [0.15, 0.2) is 37.1 Å². The highest BCUT2D eigenvalue weighted by atomic mass is 16.2. The van der Waals surface area contributed by atoms with Crippen LogP contribution in [-0.4, -0.2) is 77.7 Å². The third-order valence-corrected chi connectivity index (χ3v) is 8.40. The summed E-state index contributed by atoms with van der Waals surface area (Å²) in [5.74, 6) is 0.0476. The lowest BCUT2D eigenvalue weighted by atomic mass is 10.1. The van der Waals surface area contributed by atoms with Gasteiger partial charge in [0.25, 0.3) is 11.8 Å². The summed E-state index contributed by atoms with van der Waals surface area (Å²) in [6, 6.07) is 2.26. The van der Waals surface area contributed by atoms with E-state index in [1.165, 1.54) is 25.5 Å². The number of fused-ring (bicyclic) bond motifs is 4. The number of nitrogens with one attached hydrogen (secondary N) is 3. The van der Waals surface area contributed by atoms with E-state index in [2.05, 4.69) is 41.0 Å². The number of hydrogen-bond acceptors (Lipinski definition) is 8. The van der Waals surface area contributed by atoms with Crippen molar-refractivity contribution >= 4 is 34.6 Å². The molecule has 2 bridgehead atoms. The average Bonchev–Trinajstić information content (AvgIpc) is 3.75. The Kier molecular flexibility index (Phi) is 6.03. The highest BCUT2D eigenvalue weighted by molar-refractivity contribution is 6.09. The van der Waals surface area contributed by atoms with Crippen LogP contribution < -0.4 is 16.0 Å². The monoisotopic (exact) mass is 554 g/mol. The summed E-state index contributed by atoms with van der Waals surface area (Å²) in [6.45, 7) is 5.63. The molecule has 1 unspecified atom stereocenters. The smallest absolute Gasteiger partial charge is 0.270 e. The summed E-state index contributed by atoms with van der Waals surface area (Å²) in [6.07, 6.45) is 11.5. The number of aryl methyl sites for hydroxylation is 1. The molecule has 3 N–H and O–H groups in total. The highest BCUT2D eigenvalue weighted by Gasteiger charge is 2.38. The van der Waals surface area contributed by atoms with E-state index in [0.29, 0.717) is 64.2 Å². The minimum atomic E-state index is -0.382. The molecule has 2 fully saturated rings. The number of amides is 3. The van der Waals surface area contributed by atoms with E-state index in [1.807, 2.05) is 6.92 Å². The molecule has 13 heteroatoms. The molecule has 4 aromatic heterocycles. The van der Waals surface area contributed by atoms with Crippen molar-refractivity contribution in [2.24, 2.45) is 5.92 Å². The lowest BCUT2D eigenvalue weighted by Gasteiger charge is -2.25. The molecule has 1 saturated carbocycles. The molecule has 3 atom stereocenters. The summed E-state index contributed by atoms with van der Waals surface area (Å²) in [7, 11) is 0.